The minimum Gasteiger partial charge on any atom is -0.482 e. The summed E-state index contributed by atoms with van der Waals surface area (Å²) in [6.45, 7) is 6.37. The molecule has 3 N–H and O–H groups in total. The van der Waals surface area contributed by atoms with Gasteiger partial charge in [-0.1, -0.05) is 6.07 Å². The molecule has 0 saturated carbocycles. The third-order valence-electron chi connectivity index (χ3n) is 2.86. The number of amides is 3. The normalized spacial score (nSPS) is 13.8. The third-order valence-corrected chi connectivity index (χ3v) is 2.86. The van der Waals surface area contributed by atoms with Crippen LogP contribution in [0.25, 0.3) is 0 Å². The van der Waals surface area contributed by atoms with E-state index < -0.39 is 0 Å². The first-order valence-electron chi connectivity index (χ1n) is 6.95. The van der Waals surface area contributed by atoms with E-state index in [0.29, 0.717) is 24.4 Å². The molecule has 1 aliphatic heterocycles. The Balaban J connectivity index is 1.85. The van der Waals surface area contributed by atoms with Gasteiger partial charge in [-0.2, -0.15) is 0 Å². The summed E-state index contributed by atoms with van der Waals surface area (Å²) in [4.78, 5) is 22.9. The summed E-state index contributed by atoms with van der Waals surface area (Å²) in [7, 11) is 0. The first kappa shape index (κ1) is 15.2. The zero-order chi connectivity index (χ0) is 15.5. The van der Waals surface area contributed by atoms with Crippen molar-refractivity contribution >= 4 is 17.6 Å². The van der Waals surface area contributed by atoms with Crippen molar-refractivity contribution in [1.29, 1.82) is 0 Å². The molecule has 6 nitrogen and oxygen atoms in total. The van der Waals surface area contributed by atoms with Gasteiger partial charge in [-0.05, 0) is 44.9 Å². The number of benzene rings is 1. The molecule has 0 saturated heterocycles. The Kier molecular flexibility index (Phi) is 4.35. The molecule has 114 valence electrons. The number of hydrogen-bond donors (Lipinski definition) is 3. The van der Waals surface area contributed by atoms with Gasteiger partial charge in [0.1, 0.15) is 5.75 Å². The van der Waals surface area contributed by atoms with Gasteiger partial charge in [0, 0.05) is 12.1 Å². The van der Waals surface area contributed by atoms with Crippen molar-refractivity contribution in [2.24, 2.45) is 0 Å². The molecule has 2 rings (SSSR count). The average Bonchev–Trinajstić information content (AvgIpc) is 2.36. The van der Waals surface area contributed by atoms with Crippen molar-refractivity contribution in [2.45, 2.75) is 32.7 Å². The molecule has 1 heterocycles. The van der Waals surface area contributed by atoms with Crippen LogP contribution in [-0.4, -0.2) is 30.6 Å². The number of rotatable bonds is 3. The summed E-state index contributed by atoms with van der Waals surface area (Å²) in [5.41, 5.74) is 1.45. The van der Waals surface area contributed by atoms with Gasteiger partial charge in [-0.15, -0.1) is 0 Å². The second-order valence-electron chi connectivity index (χ2n) is 6.05. The van der Waals surface area contributed by atoms with E-state index in [1.54, 1.807) is 0 Å². The maximum absolute atomic E-state index is 11.6. The molecule has 0 spiro atoms. The van der Waals surface area contributed by atoms with Crippen LogP contribution >= 0.6 is 0 Å². The van der Waals surface area contributed by atoms with Gasteiger partial charge >= 0.3 is 6.03 Å². The molecule has 0 atom stereocenters. The van der Waals surface area contributed by atoms with Crippen molar-refractivity contribution in [3.63, 3.8) is 0 Å². The van der Waals surface area contributed by atoms with Crippen molar-refractivity contribution < 1.29 is 14.3 Å². The second kappa shape index (κ2) is 6.03. The van der Waals surface area contributed by atoms with Crippen LogP contribution in [0.5, 0.6) is 5.75 Å². The second-order valence-corrected chi connectivity index (χ2v) is 6.05. The van der Waals surface area contributed by atoms with E-state index in [-0.39, 0.29) is 24.1 Å². The van der Waals surface area contributed by atoms with Crippen LogP contribution in [-0.2, 0) is 11.2 Å². The van der Waals surface area contributed by atoms with Crippen molar-refractivity contribution in [3.8, 4) is 5.75 Å². The standard InChI is InChI=1S/C15H21N3O3/c1-15(2,3)18-14(20)16-7-6-10-4-5-12-11(8-10)17-13(19)9-21-12/h4-5,8H,6-7,9H2,1-3H3,(H,17,19)(H2,16,18,20). The van der Waals surface area contributed by atoms with Gasteiger partial charge in [0.2, 0.25) is 0 Å². The van der Waals surface area contributed by atoms with E-state index >= 15 is 0 Å². The van der Waals surface area contributed by atoms with E-state index in [1.165, 1.54) is 0 Å². The summed E-state index contributed by atoms with van der Waals surface area (Å²) in [5.74, 6) is 0.527. The molecule has 0 bridgehead atoms. The van der Waals surface area contributed by atoms with E-state index in [1.807, 2.05) is 39.0 Å². The first-order chi connectivity index (χ1) is 9.83. The smallest absolute Gasteiger partial charge is 0.315 e. The fraction of sp³-hybridized carbons (Fsp3) is 0.467. The Morgan fingerprint density at radius 2 is 2.14 bits per heavy atom. The molecule has 0 aromatic heterocycles. The Bertz CT molecular complexity index is 550. The fourth-order valence-corrected chi connectivity index (χ4v) is 1.99. The summed E-state index contributed by atoms with van der Waals surface area (Å²) >= 11 is 0. The summed E-state index contributed by atoms with van der Waals surface area (Å²) < 4.78 is 5.30. The Hall–Kier alpha value is -2.24. The number of fused-ring (bicyclic) bond motifs is 1. The number of carbonyl (C=O) groups excluding carboxylic acids is 2. The van der Waals surface area contributed by atoms with Gasteiger partial charge in [0.25, 0.3) is 5.91 Å². The highest BCUT2D eigenvalue weighted by atomic mass is 16.5. The molecule has 21 heavy (non-hydrogen) atoms. The van der Waals surface area contributed by atoms with E-state index in [9.17, 15) is 9.59 Å². The number of hydrogen-bond acceptors (Lipinski definition) is 3. The third kappa shape index (κ3) is 4.66. The quantitative estimate of drug-likeness (QED) is 0.792. The molecule has 1 aromatic rings. The summed E-state index contributed by atoms with van der Waals surface area (Å²) in [6.07, 6.45) is 0.681. The maximum atomic E-state index is 11.6. The number of anilines is 1. The number of nitrogens with one attached hydrogen (secondary N) is 3. The van der Waals surface area contributed by atoms with Crippen LogP contribution in [0.2, 0.25) is 0 Å². The Labute approximate surface area is 124 Å². The molecule has 0 radical (unpaired) electrons. The predicted molar refractivity (Wildman–Crippen MR) is 80.6 cm³/mol. The summed E-state index contributed by atoms with van der Waals surface area (Å²) in [5, 5.41) is 8.41. The lowest BCUT2D eigenvalue weighted by Gasteiger charge is -2.21. The highest BCUT2D eigenvalue weighted by molar-refractivity contribution is 5.95. The highest BCUT2D eigenvalue weighted by Crippen LogP contribution is 2.28. The molecule has 0 aliphatic carbocycles. The monoisotopic (exact) mass is 291 g/mol. The zero-order valence-electron chi connectivity index (χ0n) is 12.6. The van der Waals surface area contributed by atoms with E-state index in [2.05, 4.69) is 16.0 Å². The van der Waals surface area contributed by atoms with Gasteiger partial charge in [0.05, 0.1) is 5.69 Å². The Morgan fingerprint density at radius 3 is 2.86 bits per heavy atom. The molecule has 6 heteroatoms. The lowest BCUT2D eigenvalue weighted by molar-refractivity contribution is -0.118. The molecular formula is C15H21N3O3. The molecule has 3 amide bonds. The molecule has 1 aliphatic rings. The van der Waals surface area contributed by atoms with Crippen molar-refractivity contribution in [3.05, 3.63) is 23.8 Å². The van der Waals surface area contributed by atoms with Crippen LogP contribution in [0.15, 0.2) is 18.2 Å². The largest absolute Gasteiger partial charge is 0.482 e. The topological polar surface area (TPSA) is 79.5 Å². The van der Waals surface area contributed by atoms with Crippen LogP contribution in [0.1, 0.15) is 26.3 Å². The first-order valence-corrected chi connectivity index (χ1v) is 6.95. The zero-order valence-corrected chi connectivity index (χ0v) is 12.6. The van der Waals surface area contributed by atoms with Crippen molar-refractivity contribution in [2.75, 3.05) is 18.5 Å². The fourth-order valence-electron chi connectivity index (χ4n) is 1.99. The predicted octanol–water partition coefficient (Wildman–Crippen LogP) is 1.66. The van der Waals surface area contributed by atoms with E-state index in [4.69, 9.17) is 4.74 Å². The molecular weight excluding hydrogens is 270 g/mol. The lowest BCUT2D eigenvalue weighted by atomic mass is 10.1. The molecule has 1 aromatic carbocycles. The van der Waals surface area contributed by atoms with Gasteiger partial charge in [-0.3, -0.25) is 4.79 Å². The van der Waals surface area contributed by atoms with E-state index in [0.717, 1.165) is 5.56 Å². The lowest BCUT2D eigenvalue weighted by Crippen LogP contribution is -2.46. The SMILES string of the molecule is CC(C)(C)NC(=O)NCCc1ccc2c(c1)NC(=O)CO2. The molecule has 0 unspecified atom stereocenters. The number of carbonyl (C=O) groups is 2. The summed E-state index contributed by atoms with van der Waals surface area (Å²) in [6, 6.07) is 5.45. The van der Waals surface area contributed by atoms with Crippen LogP contribution < -0.4 is 20.7 Å². The minimum atomic E-state index is -0.252. The van der Waals surface area contributed by atoms with Gasteiger partial charge in [0.15, 0.2) is 6.61 Å². The highest BCUT2D eigenvalue weighted by Gasteiger charge is 2.16. The minimum absolute atomic E-state index is 0.0564. The van der Waals surface area contributed by atoms with Crippen LogP contribution in [0, 0.1) is 0 Å². The average molecular weight is 291 g/mol. The molecule has 0 fully saturated rings. The van der Waals surface area contributed by atoms with Gasteiger partial charge < -0.3 is 20.7 Å². The number of ether oxygens (including phenoxy) is 1. The van der Waals surface area contributed by atoms with Crippen molar-refractivity contribution in [1.82, 2.24) is 10.6 Å². The Morgan fingerprint density at radius 1 is 1.38 bits per heavy atom. The van der Waals surface area contributed by atoms with Crippen LogP contribution in [0.4, 0.5) is 10.5 Å². The van der Waals surface area contributed by atoms with Crippen LogP contribution in [0.3, 0.4) is 0 Å². The number of urea groups is 1. The van der Waals surface area contributed by atoms with Gasteiger partial charge in [-0.25, -0.2) is 4.79 Å². The maximum Gasteiger partial charge on any atom is 0.315 e.